The third kappa shape index (κ3) is 4.34. The standard InChI is InChI=1S/C17H20N4O5S/c22-16(23)12-20-11-8-15(19-20)18-17(24)13-6-2-3-7-14(13)27(25,26)21-9-4-1-5-10-21/h2-3,6-8,11H,1,4-5,9-10,12H2,(H,22,23)(H,18,19,24). The number of hydrogen-bond donors (Lipinski definition) is 2. The Kier molecular flexibility index (Phi) is 5.57. The SMILES string of the molecule is O=C(O)Cn1ccc(NC(=O)c2ccccc2S(=O)(=O)N2CCCCC2)n1. The number of piperidine rings is 1. The minimum Gasteiger partial charge on any atom is -0.480 e. The molecule has 1 aliphatic rings. The maximum absolute atomic E-state index is 13.0. The van der Waals surface area contributed by atoms with Crippen molar-refractivity contribution < 1.29 is 23.1 Å². The third-order valence-corrected chi connectivity index (χ3v) is 6.20. The van der Waals surface area contributed by atoms with Gasteiger partial charge in [-0.2, -0.15) is 9.40 Å². The summed E-state index contributed by atoms with van der Waals surface area (Å²) in [6.07, 6.45) is 4.01. The molecule has 1 saturated heterocycles. The zero-order chi connectivity index (χ0) is 19.4. The lowest BCUT2D eigenvalue weighted by atomic mass is 10.2. The number of hydrogen-bond acceptors (Lipinski definition) is 5. The van der Waals surface area contributed by atoms with Crippen molar-refractivity contribution in [3.8, 4) is 0 Å². The van der Waals surface area contributed by atoms with Crippen LogP contribution >= 0.6 is 0 Å². The number of anilines is 1. The molecule has 1 aliphatic heterocycles. The number of rotatable bonds is 6. The van der Waals surface area contributed by atoms with Gasteiger partial charge < -0.3 is 10.4 Å². The van der Waals surface area contributed by atoms with Crippen LogP contribution in [-0.2, 0) is 21.4 Å². The van der Waals surface area contributed by atoms with E-state index in [2.05, 4.69) is 10.4 Å². The van der Waals surface area contributed by atoms with Gasteiger partial charge in [0.2, 0.25) is 10.0 Å². The van der Waals surface area contributed by atoms with Crippen LogP contribution in [0.25, 0.3) is 0 Å². The molecule has 0 radical (unpaired) electrons. The highest BCUT2D eigenvalue weighted by atomic mass is 32.2. The van der Waals surface area contributed by atoms with Crippen LogP contribution in [0.15, 0.2) is 41.4 Å². The molecule has 0 saturated carbocycles. The smallest absolute Gasteiger partial charge is 0.325 e. The Labute approximate surface area is 156 Å². The second-order valence-electron chi connectivity index (χ2n) is 6.21. The number of carbonyl (C=O) groups is 2. The first-order valence-corrected chi connectivity index (χ1v) is 9.98. The first-order valence-electron chi connectivity index (χ1n) is 8.54. The summed E-state index contributed by atoms with van der Waals surface area (Å²) in [4.78, 5) is 23.3. The van der Waals surface area contributed by atoms with Crippen LogP contribution < -0.4 is 5.32 Å². The summed E-state index contributed by atoms with van der Waals surface area (Å²) in [5, 5.41) is 15.2. The average Bonchev–Trinajstić information content (AvgIpc) is 3.08. The summed E-state index contributed by atoms with van der Waals surface area (Å²) in [7, 11) is -3.77. The zero-order valence-corrected chi connectivity index (χ0v) is 15.4. The van der Waals surface area contributed by atoms with E-state index in [-0.39, 0.29) is 22.8 Å². The molecule has 1 aromatic carbocycles. The summed E-state index contributed by atoms with van der Waals surface area (Å²) >= 11 is 0. The van der Waals surface area contributed by atoms with Crippen molar-refractivity contribution >= 4 is 27.7 Å². The van der Waals surface area contributed by atoms with Gasteiger partial charge in [0.05, 0.1) is 10.5 Å². The van der Waals surface area contributed by atoms with E-state index in [1.807, 2.05) is 0 Å². The van der Waals surface area contributed by atoms with Crippen LogP contribution in [0.1, 0.15) is 29.6 Å². The van der Waals surface area contributed by atoms with Crippen LogP contribution in [0.5, 0.6) is 0 Å². The molecule has 0 bridgehead atoms. The molecule has 2 heterocycles. The van der Waals surface area contributed by atoms with Gasteiger partial charge in [-0.25, -0.2) is 8.42 Å². The van der Waals surface area contributed by atoms with Gasteiger partial charge in [0.1, 0.15) is 6.54 Å². The van der Waals surface area contributed by atoms with Gasteiger partial charge in [0.15, 0.2) is 5.82 Å². The highest BCUT2D eigenvalue weighted by Crippen LogP contribution is 2.24. The summed E-state index contributed by atoms with van der Waals surface area (Å²) in [5.74, 6) is -1.54. The van der Waals surface area contributed by atoms with Crippen LogP contribution in [-0.4, -0.2) is 52.6 Å². The maximum Gasteiger partial charge on any atom is 0.325 e. The van der Waals surface area contributed by atoms with Gasteiger partial charge in [0.25, 0.3) is 5.91 Å². The average molecular weight is 392 g/mol. The number of aliphatic carboxylic acids is 1. The van der Waals surface area contributed by atoms with E-state index in [4.69, 9.17) is 5.11 Å². The minimum atomic E-state index is -3.77. The predicted octanol–water partition coefficient (Wildman–Crippen LogP) is 1.39. The molecular weight excluding hydrogens is 372 g/mol. The normalized spacial score (nSPS) is 15.4. The quantitative estimate of drug-likeness (QED) is 0.766. The Morgan fingerprint density at radius 1 is 1.11 bits per heavy atom. The molecule has 3 rings (SSSR count). The summed E-state index contributed by atoms with van der Waals surface area (Å²) < 4.78 is 28.5. The first kappa shape index (κ1) is 19.1. The van der Waals surface area contributed by atoms with E-state index >= 15 is 0 Å². The molecule has 0 atom stereocenters. The highest BCUT2D eigenvalue weighted by molar-refractivity contribution is 7.89. The van der Waals surface area contributed by atoms with Crippen molar-refractivity contribution in [1.29, 1.82) is 0 Å². The lowest BCUT2D eigenvalue weighted by Crippen LogP contribution is -2.36. The molecule has 2 N–H and O–H groups in total. The Balaban J connectivity index is 1.83. The molecule has 9 nitrogen and oxygen atoms in total. The van der Waals surface area contributed by atoms with Gasteiger partial charge in [-0.3, -0.25) is 14.3 Å². The van der Waals surface area contributed by atoms with Crippen LogP contribution in [0.4, 0.5) is 5.82 Å². The number of sulfonamides is 1. The molecule has 1 amide bonds. The van der Waals surface area contributed by atoms with Gasteiger partial charge in [0, 0.05) is 25.4 Å². The fourth-order valence-corrected chi connectivity index (χ4v) is 4.67. The number of carboxylic acids is 1. The maximum atomic E-state index is 13.0. The third-order valence-electron chi connectivity index (χ3n) is 4.24. The molecule has 1 fully saturated rings. The Bertz CT molecular complexity index is 948. The van der Waals surface area contributed by atoms with E-state index < -0.39 is 21.9 Å². The van der Waals surface area contributed by atoms with E-state index in [0.29, 0.717) is 13.1 Å². The van der Waals surface area contributed by atoms with Gasteiger partial charge in [-0.05, 0) is 25.0 Å². The van der Waals surface area contributed by atoms with Gasteiger partial charge >= 0.3 is 5.97 Å². The Hall–Kier alpha value is -2.72. The van der Waals surface area contributed by atoms with Crippen molar-refractivity contribution in [2.24, 2.45) is 0 Å². The molecule has 27 heavy (non-hydrogen) atoms. The van der Waals surface area contributed by atoms with Crippen molar-refractivity contribution in [3.63, 3.8) is 0 Å². The largest absolute Gasteiger partial charge is 0.480 e. The number of carbonyl (C=O) groups excluding carboxylic acids is 1. The van der Waals surface area contributed by atoms with E-state index in [1.54, 1.807) is 12.1 Å². The zero-order valence-electron chi connectivity index (χ0n) is 14.5. The highest BCUT2D eigenvalue weighted by Gasteiger charge is 2.29. The number of aromatic nitrogens is 2. The van der Waals surface area contributed by atoms with Crippen LogP contribution in [0.3, 0.4) is 0 Å². The fraction of sp³-hybridized carbons (Fsp3) is 0.353. The second-order valence-corrected chi connectivity index (χ2v) is 8.11. The second kappa shape index (κ2) is 7.89. The fourth-order valence-electron chi connectivity index (χ4n) is 2.96. The number of amides is 1. The molecule has 10 heteroatoms. The number of nitrogens with one attached hydrogen (secondary N) is 1. The number of benzene rings is 1. The molecule has 0 unspecified atom stereocenters. The monoisotopic (exact) mass is 392 g/mol. The number of nitrogens with zero attached hydrogens (tertiary/aromatic N) is 3. The lowest BCUT2D eigenvalue weighted by Gasteiger charge is -2.26. The predicted molar refractivity (Wildman–Crippen MR) is 96.9 cm³/mol. The van der Waals surface area contributed by atoms with E-state index in [0.717, 1.165) is 23.9 Å². The van der Waals surface area contributed by atoms with Crippen molar-refractivity contribution in [3.05, 3.63) is 42.1 Å². The molecule has 1 aromatic heterocycles. The molecule has 144 valence electrons. The first-order chi connectivity index (χ1) is 12.9. The number of carboxylic acid groups (broad SMARTS) is 1. The van der Waals surface area contributed by atoms with Gasteiger partial charge in [-0.1, -0.05) is 18.6 Å². The van der Waals surface area contributed by atoms with Crippen LogP contribution in [0, 0.1) is 0 Å². The van der Waals surface area contributed by atoms with Crippen LogP contribution in [0.2, 0.25) is 0 Å². The lowest BCUT2D eigenvalue weighted by molar-refractivity contribution is -0.137. The molecule has 0 aliphatic carbocycles. The summed E-state index contributed by atoms with van der Waals surface area (Å²) in [6, 6.07) is 7.48. The molecular formula is C17H20N4O5S. The topological polar surface area (TPSA) is 122 Å². The minimum absolute atomic E-state index is 0.0239. The van der Waals surface area contributed by atoms with E-state index in [1.165, 1.54) is 28.7 Å². The van der Waals surface area contributed by atoms with E-state index in [9.17, 15) is 18.0 Å². The summed E-state index contributed by atoms with van der Waals surface area (Å²) in [6.45, 7) is 0.547. The van der Waals surface area contributed by atoms with Crippen molar-refractivity contribution in [2.45, 2.75) is 30.7 Å². The Morgan fingerprint density at radius 3 is 2.52 bits per heavy atom. The molecule has 0 spiro atoms. The van der Waals surface area contributed by atoms with Gasteiger partial charge in [-0.15, -0.1) is 0 Å². The molecule has 2 aromatic rings. The van der Waals surface area contributed by atoms with Crippen molar-refractivity contribution in [2.75, 3.05) is 18.4 Å². The summed E-state index contributed by atoms with van der Waals surface area (Å²) in [5.41, 5.74) is 0.0239. The van der Waals surface area contributed by atoms with Crippen molar-refractivity contribution in [1.82, 2.24) is 14.1 Å². The Morgan fingerprint density at radius 2 is 1.81 bits per heavy atom.